The molecule has 4 heteroatoms. The summed E-state index contributed by atoms with van der Waals surface area (Å²) in [5, 5.41) is 9.93. The molecule has 0 amide bonds. The average Bonchev–Trinajstić information content (AvgIpc) is 2.72. The van der Waals surface area contributed by atoms with Crippen LogP contribution in [-0.4, -0.2) is 23.3 Å². The van der Waals surface area contributed by atoms with E-state index in [0.717, 1.165) is 0 Å². The Morgan fingerprint density at radius 2 is 2.29 bits per heavy atom. The maximum Gasteiger partial charge on any atom is 0.163 e. The van der Waals surface area contributed by atoms with Crippen LogP contribution in [0.2, 0.25) is 0 Å². The van der Waals surface area contributed by atoms with Gasteiger partial charge in [-0.05, 0) is 19.1 Å². The molecule has 17 heavy (non-hydrogen) atoms. The number of aldehydes is 1. The number of rotatable bonds is 3. The van der Waals surface area contributed by atoms with Gasteiger partial charge in [0, 0.05) is 17.6 Å². The molecular weight excluding hydrogens is 220 g/mol. The van der Waals surface area contributed by atoms with Crippen molar-refractivity contribution in [2.75, 3.05) is 0 Å². The first-order valence-corrected chi connectivity index (χ1v) is 5.21. The molecule has 4 nitrogen and oxygen atoms in total. The van der Waals surface area contributed by atoms with Gasteiger partial charge >= 0.3 is 0 Å². The monoisotopic (exact) mass is 232 g/mol. The van der Waals surface area contributed by atoms with E-state index in [9.17, 15) is 14.7 Å². The van der Waals surface area contributed by atoms with Gasteiger partial charge in [-0.25, -0.2) is 0 Å². The molecule has 0 unspecified atom stereocenters. The molecule has 2 rings (SSSR count). The number of hydrogen-bond donors (Lipinski definition) is 1. The Kier molecular flexibility index (Phi) is 2.71. The van der Waals surface area contributed by atoms with E-state index in [0.29, 0.717) is 29.6 Å². The molecular formula is C13H12O4. The topological polar surface area (TPSA) is 63.6 Å². The Balaban J connectivity index is 2.39. The lowest BCUT2D eigenvalue weighted by Gasteiger charge is -2.07. The van der Waals surface area contributed by atoms with Crippen LogP contribution in [-0.2, 0) is 11.2 Å². The minimum Gasteiger partial charge on any atom is -0.507 e. The molecule has 0 saturated carbocycles. The van der Waals surface area contributed by atoms with E-state index < -0.39 is 6.10 Å². The number of aromatic hydroxyl groups is 1. The first-order chi connectivity index (χ1) is 8.04. The van der Waals surface area contributed by atoms with E-state index in [-0.39, 0.29) is 17.1 Å². The number of carbonyl (C=O) groups excluding carboxylic acids is 2. The molecule has 1 aromatic carbocycles. The van der Waals surface area contributed by atoms with E-state index in [4.69, 9.17) is 4.74 Å². The lowest BCUT2D eigenvalue weighted by Crippen LogP contribution is -2.16. The first kappa shape index (κ1) is 11.4. The zero-order valence-corrected chi connectivity index (χ0v) is 9.40. The molecule has 0 spiro atoms. The van der Waals surface area contributed by atoms with Crippen LogP contribution in [0.4, 0.5) is 0 Å². The normalized spacial score (nSPS) is 17.1. The van der Waals surface area contributed by atoms with Crippen LogP contribution in [0.3, 0.4) is 0 Å². The van der Waals surface area contributed by atoms with Crippen molar-refractivity contribution in [3.05, 3.63) is 35.4 Å². The summed E-state index contributed by atoms with van der Waals surface area (Å²) < 4.78 is 5.47. The Hall–Kier alpha value is -2.10. The molecule has 1 aliphatic heterocycles. The number of phenols is 1. The fourth-order valence-electron chi connectivity index (χ4n) is 1.87. The Morgan fingerprint density at radius 1 is 1.59 bits per heavy atom. The zero-order chi connectivity index (χ0) is 12.6. The molecule has 0 bridgehead atoms. The minimum absolute atomic E-state index is 0.0591. The number of fused-ring (bicyclic) bond motifs is 1. The number of ketones is 1. The highest BCUT2D eigenvalue weighted by Crippen LogP contribution is 2.39. The van der Waals surface area contributed by atoms with Crippen LogP contribution in [0, 0.1) is 0 Å². The second kappa shape index (κ2) is 4.05. The summed E-state index contributed by atoms with van der Waals surface area (Å²) in [6, 6.07) is 3.15. The third kappa shape index (κ3) is 1.82. The van der Waals surface area contributed by atoms with Crippen molar-refractivity contribution in [2.45, 2.75) is 19.4 Å². The molecule has 1 N–H and O–H groups in total. The van der Waals surface area contributed by atoms with Crippen LogP contribution >= 0.6 is 0 Å². The van der Waals surface area contributed by atoms with Crippen molar-refractivity contribution in [2.24, 2.45) is 0 Å². The standard InChI is InChI=1S/C13H12O4/c1-7(6-14)12-5-10-11(17-12)4-3-9(8(2)15)13(10)16/h3-4,6,12,16H,1,5H2,2H3/t12-/m1/s1. The molecule has 0 saturated heterocycles. The van der Waals surface area contributed by atoms with Gasteiger partial charge in [0.2, 0.25) is 0 Å². The fourth-order valence-corrected chi connectivity index (χ4v) is 1.87. The van der Waals surface area contributed by atoms with Crippen molar-refractivity contribution >= 4 is 12.1 Å². The molecule has 1 aromatic rings. The third-order valence-electron chi connectivity index (χ3n) is 2.84. The predicted molar refractivity (Wildman–Crippen MR) is 61.4 cm³/mol. The van der Waals surface area contributed by atoms with Gasteiger partial charge in [-0.15, -0.1) is 0 Å². The maximum absolute atomic E-state index is 11.3. The molecule has 0 fully saturated rings. The average molecular weight is 232 g/mol. The van der Waals surface area contributed by atoms with E-state index >= 15 is 0 Å². The molecule has 0 radical (unpaired) electrons. The van der Waals surface area contributed by atoms with Gasteiger partial charge in [-0.1, -0.05) is 6.58 Å². The summed E-state index contributed by atoms with van der Waals surface area (Å²) >= 11 is 0. The highest BCUT2D eigenvalue weighted by molar-refractivity contribution is 5.97. The number of ether oxygens (including phenoxy) is 1. The predicted octanol–water partition coefficient (Wildman–Crippen LogP) is 1.65. The summed E-state index contributed by atoms with van der Waals surface area (Å²) in [4.78, 5) is 21.9. The van der Waals surface area contributed by atoms with E-state index in [1.165, 1.54) is 13.0 Å². The fraction of sp³-hybridized carbons (Fsp3) is 0.231. The molecule has 0 aliphatic carbocycles. The largest absolute Gasteiger partial charge is 0.507 e. The third-order valence-corrected chi connectivity index (χ3v) is 2.84. The van der Waals surface area contributed by atoms with Crippen LogP contribution in [0.25, 0.3) is 0 Å². The highest BCUT2D eigenvalue weighted by Gasteiger charge is 2.29. The SMILES string of the molecule is C=C(C=O)[C@H]1Cc2c(ccc(C(C)=O)c2O)O1. The van der Waals surface area contributed by atoms with Crippen molar-refractivity contribution in [1.82, 2.24) is 0 Å². The van der Waals surface area contributed by atoms with Crippen LogP contribution in [0.5, 0.6) is 11.5 Å². The number of phenolic OH excluding ortho intramolecular Hbond substituents is 1. The van der Waals surface area contributed by atoms with E-state index in [2.05, 4.69) is 6.58 Å². The molecule has 1 aliphatic rings. The van der Waals surface area contributed by atoms with Gasteiger partial charge in [0.25, 0.3) is 0 Å². The highest BCUT2D eigenvalue weighted by atomic mass is 16.5. The van der Waals surface area contributed by atoms with Crippen molar-refractivity contribution in [3.8, 4) is 11.5 Å². The van der Waals surface area contributed by atoms with Gasteiger partial charge in [-0.3, -0.25) is 9.59 Å². The summed E-state index contributed by atoms with van der Waals surface area (Å²) in [6.45, 7) is 4.97. The van der Waals surface area contributed by atoms with Crippen molar-refractivity contribution in [3.63, 3.8) is 0 Å². The Labute approximate surface area is 98.5 Å². The van der Waals surface area contributed by atoms with Gasteiger partial charge in [0.05, 0.1) is 5.56 Å². The lowest BCUT2D eigenvalue weighted by atomic mass is 10.0. The Morgan fingerprint density at radius 3 is 2.88 bits per heavy atom. The smallest absolute Gasteiger partial charge is 0.163 e. The molecule has 88 valence electrons. The second-order valence-electron chi connectivity index (χ2n) is 4.00. The van der Waals surface area contributed by atoms with Crippen LogP contribution in [0.15, 0.2) is 24.3 Å². The summed E-state index contributed by atoms with van der Waals surface area (Å²) in [5.41, 5.74) is 1.15. The van der Waals surface area contributed by atoms with Gasteiger partial charge in [0.15, 0.2) is 5.78 Å². The number of Topliss-reactive ketones (excluding diaryl/α,β-unsaturated/α-hetero) is 1. The second-order valence-corrected chi connectivity index (χ2v) is 4.00. The van der Waals surface area contributed by atoms with Crippen LogP contribution in [0.1, 0.15) is 22.8 Å². The summed E-state index contributed by atoms with van der Waals surface area (Å²) in [5.74, 6) is 0.236. The van der Waals surface area contributed by atoms with Crippen molar-refractivity contribution in [1.29, 1.82) is 0 Å². The summed E-state index contributed by atoms with van der Waals surface area (Å²) in [6.07, 6.45) is 0.551. The van der Waals surface area contributed by atoms with Crippen LogP contribution < -0.4 is 4.74 Å². The van der Waals surface area contributed by atoms with E-state index in [1.807, 2.05) is 0 Å². The minimum atomic E-state index is -0.449. The lowest BCUT2D eigenvalue weighted by molar-refractivity contribution is -0.105. The Bertz CT molecular complexity index is 516. The number of hydrogen-bond acceptors (Lipinski definition) is 4. The zero-order valence-electron chi connectivity index (χ0n) is 9.40. The molecule has 0 aromatic heterocycles. The number of carbonyl (C=O) groups is 2. The first-order valence-electron chi connectivity index (χ1n) is 5.21. The summed E-state index contributed by atoms with van der Waals surface area (Å²) in [7, 11) is 0. The van der Waals surface area contributed by atoms with Crippen molar-refractivity contribution < 1.29 is 19.4 Å². The van der Waals surface area contributed by atoms with Gasteiger partial charge in [-0.2, -0.15) is 0 Å². The number of benzene rings is 1. The molecule has 1 heterocycles. The van der Waals surface area contributed by atoms with Gasteiger partial charge in [0.1, 0.15) is 23.9 Å². The maximum atomic E-state index is 11.3. The van der Waals surface area contributed by atoms with Gasteiger partial charge < -0.3 is 9.84 Å². The molecule has 1 atom stereocenters. The quantitative estimate of drug-likeness (QED) is 0.489. The van der Waals surface area contributed by atoms with E-state index in [1.54, 1.807) is 6.07 Å².